The molecule has 0 aromatic heterocycles. The predicted molar refractivity (Wildman–Crippen MR) is 144 cm³/mol. The lowest BCUT2D eigenvalue weighted by atomic mass is 9.87. The topological polar surface area (TPSA) is 81.7 Å². The summed E-state index contributed by atoms with van der Waals surface area (Å²) >= 11 is 0. The molecule has 0 fully saturated rings. The van der Waals surface area contributed by atoms with E-state index in [0.717, 1.165) is 24.8 Å². The maximum absolute atomic E-state index is 14.0. The van der Waals surface area contributed by atoms with E-state index in [0.29, 0.717) is 35.3 Å². The first-order valence-electron chi connectivity index (χ1n) is 12.9. The number of carbonyl (C=O) groups is 1. The molecule has 0 spiro atoms. The van der Waals surface area contributed by atoms with E-state index in [1.807, 2.05) is 43.3 Å². The highest BCUT2D eigenvalue weighted by Crippen LogP contribution is 2.41. The van der Waals surface area contributed by atoms with E-state index < -0.39 is 21.3 Å². The minimum Gasteiger partial charge on any atom is -0.496 e. The Kier molecular flexibility index (Phi) is 9.36. The van der Waals surface area contributed by atoms with Gasteiger partial charge in [0.2, 0.25) is 0 Å². The fraction of sp³-hybridized carbons (Fsp3) is 0.483. The normalized spacial score (nSPS) is 21.4. The van der Waals surface area contributed by atoms with Gasteiger partial charge in [-0.3, -0.25) is 5.32 Å². The van der Waals surface area contributed by atoms with Crippen molar-refractivity contribution in [2.24, 2.45) is 0 Å². The number of unbranched alkanes of at least 4 members (excludes halogenated alkanes) is 1. The number of hydrogen-bond acceptors (Lipinski definition) is 6. The van der Waals surface area contributed by atoms with Crippen LogP contribution in [0.2, 0.25) is 0 Å². The number of fused-ring (bicyclic) bond motifs is 1. The fourth-order valence-corrected chi connectivity index (χ4v) is 7.07. The van der Waals surface area contributed by atoms with Crippen LogP contribution in [0.4, 0.5) is 0 Å². The summed E-state index contributed by atoms with van der Waals surface area (Å²) < 4.78 is 38.8. The van der Waals surface area contributed by atoms with Gasteiger partial charge in [-0.2, -0.15) is 0 Å². The highest BCUT2D eigenvalue weighted by atomic mass is 32.2. The summed E-state index contributed by atoms with van der Waals surface area (Å²) in [5, 5.41) is 3.78. The van der Waals surface area contributed by atoms with Crippen LogP contribution in [0, 0.1) is 0 Å². The number of benzene rings is 2. The molecule has 0 saturated carbocycles. The number of carbonyl (C=O) groups excluding carboxylic acids is 1. The van der Waals surface area contributed by atoms with Gasteiger partial charge < -0.3 is 9.47 Å². The molecule has 0 amide bonds. The average Bonchev–Trinajstić information content (AvgIpc) is 2.98. The van der Waals surface area contributed by atoms with Gasteiger partial charge in [-0.15, -0.1) is 0 Å². The minimum atomic E-state index is -3.65. The molecule has 36 heavy (non-hydrogen) atoms. The fourth-order valence-electron chi connectivity index (χ4n) is 4.91. The van der Waals surface area contributed by atoms with Gasteiger partial charge in [0.15, 0.2) is 9.84 Å². The quantitative estimate of drug-likeness (QED) is 0.317. The Bertz CT molecular complexity index is 1190. The zero-order valence-corrected chi connectivity index (χ0v) is 22.9. The molecule has 196 valence electrons. The molecule has 0 aliphatic carbocycles. The third kappa shape index (κ3) is 6.01. The smallest absolute Gasteiger partial charge is 0.333 e. The first kappa shape index (κ1) is 27.9. The molecule has 0 saturated heterocycles. The van der Waals surface area contributed by atoms with Crippen LogP contribution in [0.3, 0.4) is 0 Å². The molecular weight excluding hydrogens is 474 g/mol. The monoisotopic (exact) mass is 513 g/mol. The molecule has 0 unspecified atom stereocenters. The second-order valence-corrected chi connectivity index (χ2v) is 11.3. The van der Waals surface area contributed by atoms with Crippen molar-refractivity contribution in [3.63, 3.8) is 0 Å². The molecule has 1 N–H and O–H groups in total. The maximum Gasteiger partial charge on any atom is 0.333 e. The lowest BCUT2D eigenvalue weighted by Crippen LogP contribution is -2.50. The molecule has 2 atom stereocenters. The van der Waals surface area contributed by atoms with E-state index in [9.17, 15) is 13.2 Å². The first-order chi connectivity index (χ1) is 17.2. The summed E-state index contributed by atoms with van der Waals surface area (Å²) in [4.78, 5) is 12.7. The molecule has 2 aromatic carbocycles. The van der Waals surface area contributed by atoms with Crippen LogP contribution in [-0.4, -0.2) is 39.4 Å². The molecule has 6 nitrogen and oxygen atoms in total. The van der Waals surface area contributed by atoms with Crippen LogP contribution in [0.5, 0.6) is 5.75 Å². The maximum atomic E-state index is 14.0. The molecule has 3 rings (SSSR count). The van der Waals surface area contributed by atoms with Crippen molar-refractivity contribution < 1.29 is 22.7 Å². The largest absolute Gasteiger partial charge is 0.496 e. The van der Waals surface area contributed by atoms with Crippen molar-refractivity contribution in [2.75, 3.05) is 19.5 Å². The second kappa shape index (κ2) is 12.1. The number of sulfone groups is 1. The van der Waals surface area contributed by atoms with E-state index in [1.54, 1.807) is 26.2 Å². The summed E-state index contributed by atoms with van der Waals surface area (Å²) in [5.74, 6) is 0.119. The average molecular weight is 514 g/mol. The van der Waals surface area contributed by atoms with Crippen LogP contribution < -0.4 is 10.1 Å². The van der Waals surface area contributed by atoms with E-state index in [4.69, 9.17) is 9.47 Å². The van der Waals surface area contributed by atoms with Crippen LogP contribution in [-0.2, 0) is 19.4 Å². The second-order valence-electron chi connectivity index (χ2n) is 9.36. The highest BCUT2D eigenvalue weighted by Gasteiger charge is 2.42. The zero-order valence-electron chi connectivity index (χ0n) is 22.1. The third-order valence-corrected chi connectivity index (χ3v) is 8.95. The lowest BCUT2D eigenvalue weighted by Gasteiger charge is -2.36. The molecule has 0 bridgehead atoms. The summed E-state index contributed by atoms with van der Waals surface area (Å²) in [7, 11) is -2.10. The van der Waals surface area contributed by atoms with Crippen molar-refractivity contribution >= 4 is 21.9 Å². The Labute approximate surface area is 216 Å². The Morgan fingerprint density at radius 1 is 1.14 bits per heavy atom. The van der Waals surface area contributed by atoms with Gasteiger partial charge >= 0.3 is 5.97 Å². The number of ether oxygens (including phenoxy) is 2. The van der Waals surface area contributed by atoms with Crippen molar-refractivity contribution in [2.45, 2.75) is 76.3 Å². The van der Waals surface area contributed by atoms with Gasteiger partial charge in [-0.25, -0.2) is 13.2 Å². The Morgan fingerprint density at radius 2 is 1.86 bits per heavy atom. The molecule has 0 radical (unpaired) electrons. The van der Waals surface area contributed by atoms with E-state index in [-0.39, 0.29) is 23.3 Å². The Balaban J connectivity index is 2.28. The number of rotatable bonds is 10. The molecule has 1 aliphatic heterocycles. The van der Waals surface area contributed by atoms with Crippen molar-refractivity contribution in [3.05, 3.63) is 64.7 Å². The third-order valence-electron chi connectivity index (χ3n) is 6.99. The van der Waals surface area contributed by atoms with Gasteiger partial charge in [0.25, 0.3) is 0 Å². The van der Waals surface area contributed by atoms with E-state index in [1.165, 1.54) is 0 Å². The standard InChI is InChI=1S/C29H39NO5S/c1-6-10-16-29(8-3)20-36(32,33)26-18-23(17-21(7-2)28(31)35-9-4)25(34-5)19-24(26)27(30-29)22-14-12-11-13-15-22/h11-15,17-19,27,30H,6-10,16,20H2,1-5H3/b21-17-/t27-,29-/m1/s1. The van der Waals surface area contributed by atoms with E-state index >= 15 is 0 Å². The number of esters is 1. The van der Waals surface area contributed by atoms with Crippen LogP contribution in [0.15, 0.2) is 52.9 Å². The number of methoxy groups -OCH3 is 1. The molecule has 7 heteroatoms. The summed E-state index contributed by atoms with van der Waals surface area (Å²) in [6.07, 6.45) is 5.52. The number of hydrogen-bond donors (Lipinski definition) is 1. The van der Waals surface area contributed by atoms with Crippen LogP contribution >= 0.6 is 0 Å². The summed E-state index contributed by atoms with van der Waals surface area (Å²) in [6, 6.07) is 13.1. The highest BCUT2D eigenvalue weighted by molar-refractivity contribution is 7.91. The van der Waals surface area contributed by atoms with Crippen LogP contribution in [0.25, 0.3) is 6.08 Å². The summed E-state index contributed by atoms with van der Waals surface area (Å²) in [5.41, 5.74) is 2.11. The van der Waals surface area contributed by atoms with Gasteiger partial charge in [0.05, 0.1) is 30.4 Å². The molecule has 1 aliphatic rings. The SMILES string of the molecule is CCCC[C@]1(CC)CS(=O)(=O)c2cc(/C=C(/CC)C(=O)OCC)c(OC)cc2[C@@H](c2ccccc2)N1. The van der Waals surface area contributed by atoms with Gasteiger partial charge in [0.1, 0.15) is 5.75 Å². The number of nitrogens with one attached hydrogen (secondary N) is 1. The van der Waals surface area contributed by atoms with Gasteiger partial charge in [0, 0.05) is 16.7 Å². The Hall–Kier alpha value is -2.64. The van der Waals surface area contributed by atoms with Crippen molar-refractivity contribution in [1.82, 2.24) is 5.32 Å². The predicted octanol–water partition coefficient (Wildman–Crippen LogP) is 5.86. The van der Waals surface area contributed by atoms with Crippen molar-refractivity contribution in [3.8, 4) is 5.75 Å². The van der Waals surface area contributed by atoms with Gasteiger partial charge in [-0.05, 0) is 55.5 Å². The molecular formula is C29H39NO5S. The van der Waals surface area contributed by atoms with Gasteiger partial charge in [-0.1, -0.05) is 63.9 Å². The van der Waals surface area contributed by atoms with E-state index in [2.05, 4.69) is 19.2 Å². The summed E-state index contributed by atoms with van der Waals surface area (Å²) in [6.45, 7) is 8.07. The lowest BCUT2D eigenvalue weighted by molar-refractivity contribution is -0.138. The minimum absolute atomic E-state index is 0.0147. The molecule has 2 aromatic rings. The zero-order chi connectivity index (χ0) is 26.3. The Morgan fingerprint density at radius 3 is 2.44 bits per heavy atom. The van der Waals surface area contributed by atoms with Crippen LogP contribution in [0.1, 0.15) is 82.5 Å². The molecule has 1 heterocycles. The van der Waals surface area contributed by atoms with Crippen molar-refractivity contribution in [1.29, 1.82) is 0 Å². The first-order valence-corrected chi connectivity index (χ1v) is 14.5.